The molecule has 0 unspecified atom stereocenters. The summed E-state index contributed by atoms with van der Waals surface area (Å²) in [4.78, 5) is 11.7. The molecular formula is C14H19N3O. The van der Waals surface area contributed by atoms with E-state index in [1.807, 2.05) is 31.3 Å². The van der Waals surface area contributed by atoms with Crippen molar-refractivity contribution >= 4 is 22.6 Å². The van der Waals surface area contributed by atoms with Gasteiger partial charge in [-0.2, -0.15) is 0 Å². The van der Waals surface area contributed by atoms with Crippen molar-refractivity contribution in [2.45, 2.75) is 26.8 Å². The number of anilines is 1. The maximum absolute atomic E-state index is 11.7. The predicted octanol–water partition coefficient (Wildman–Crippen LogP) is 3.19. The molecule has 1 aromatic carbocycles. The summed E-state index contributed by atoms with van der Waals surface area (Å²) in [5.41, 5.74) is 2.01. The van der Waals surface area contributed by atoms with E-state index in [-0.39, 0.29) is 6.03 Å². The second-order valence-electron chi connectivity index (χ2n) is 4.23. The fourth-order valence-corrected chi connectivity index (χ4v) is 2.01. The maximum Gasteiger partial charge on any atom is 0.319 e. The molecule has 0 radical (unpaired) electrons. The third-order valence-corrected chi connectivity index (χ3v) is 2.91. The van der Waals surface area contributed by atoms with E-state index < -0.39 is 0 Å². The largest absolute Gasteiger partial charge is 0.346 e. The molecule has 18 heavy (non-hydrogen) atoms. The lowest BCUT2D eigenvalue weighted by Crippen LogP contribution is -2.29. The van der Waals surface area contributed by atoms with Gasteiger partial charge in [0.05, 0.1) is 11.2 Å². The van der Waals surface area contributed by atoms with Crippen molar-refractivity contribution in [2.75, 3.05) is 11.9 Å². The highest BCUT2D eigenvalue weighted by molar-refractivity contribution is 6.01. The summed E-state index contributed by atoms with van der Waals surface area (Å²) < 4.78 is 2.13. The van der Waals surface area contributed by atoms with Crippen molar-refractivity contribution in [2.24, 2.45) is 0 Å². The molecule has 2 N–H and O–H groups in total. The highest BCUT2D eigenvalue weighted by Gasteiger charge is 2.09. The minimum Gasteiger partial charge on any atom is -0.346 e. The number of hydrogen-bond donors (Lipinski definition) is 2. The summed E-state index contributed by atoms with van der Waals surface area (Å²) in [5, 5.41) is 6.79. The van der Waals surface area contributed by atoms with E-state index in [0.717, 1.165) is 29.6 Å². The van der Waals surface area contributed by atoms with Gasteiger partial charge in [-0.1, -0.05) is 25.1 Å². The standard InChI is InChI=1S/C14H19N3O/c1-3-9-15-14(18)16-12-10-17(4-2)13-8-6-5-7-11(12)13/h5-8,10H,3-4,9H2,1-2H3,(H2,15,16,18). The van der Waals surface area contributed by atoms with Gasteiger partial charge in [0.1, 0.15) is 0 Å². The molecule has 2 rings (SSSR count). The predicted molar refractivity (Wildman–Crippen MR) is 74.9 cm³/mol. The first-order valence-corrected chi connectivity index (χ1v) is 6.39. The first-order chi connectivity index (χ1) is 8.76. The van der Waals surface area contributed by atoms with Crippen LogP contribution in [0, 0.1) is 0 Å². The molecule has 0 fully saturated rings. The van der Waals surface area contributed by atoms with Gasteiger partial charge in [-0.05, 0) is 19.4 Å². The molecular weight excluding hydrogens is 226 g/mol. The fourth-order valence-electron chi connectivity index (χ4n) is 2.01. The number of fused-ring (bicyclic) bond motifs is 1. The zero-order valence-electron chi connectivity index (χ0n) is 10.9. The number of benzene rings is 1. The average Bonchev–Trinajstić information content (AvgIpc) is 2.75. The minimum absolute atomic E-state index is 0.143. The van der Waals surface area contributed by atoms with Crippen LogP contribution in [0.2, 0.25) is 0 Å². The summed E-state index contributed by atoms with van der Waals surface area (Å²) in [6.45, 7) is 5.70. The van der Waals surface area contributed by atoms with Gasteiger partial charge in [-0.25, -0.2) is 4.79 Å². The van der Waals surface area contributed by atoms with Crippen molar-refractivity contribution in [1.29, 1.82) is 0 Å². The van der Waals surface area contributed by atoms with Gasteiger partial charge in [0.2, 0.25) is 0 Å². The van der Waals surface area contributed by atoms with Gasteiger partial charge in [-0.3, -0.25) is 0 Å². The van der Waals surface area contributed by atoms with E-state index in [1.165, 1.54) is 0 Å². The van der Waals surface area contributed by atoms with E-state index in [9.17, 15) is 4.79 Å². The Bertz CT molecular complexity index is 545. The number of carbonyl (C=O) groups excluding carboxylic acids is 1. The molecule has 2 amide bonds. The zero-order valence-corrected chi connectivity index (χ0v) is 10.9. The summed E-state index contributed by atoms with van der Waals surface area (Å²) >= 11 is 0. The number of amides is 2. The van der Waals surface area contributed by atoms with E-state index >= 15 is 0 Å². The third kappa shape index (κ3) is 2.47. The molecule has 1 heterocycles. The van der Waals surface area contributed by atoms with Gasteiger partial charge in [-0.15, -0.1) is 0 Å². The summed E-state index contributed by atoms with van der Waals surface area (Å²) in [6, 6.07) is 7.94. The van der Waals surface area contributed by atoms with Gasteiger partial charge in [0, 0.05) is 24.7 Å². The van der Waals surface area contributed by atoms with Crippen LogP contribution >= 0.6 is 0 Å². The van der Waals surface area contributed by atoms with E-state index in [2.05, 4.69) is 28.2 Å². The summed E-state index contributed by atoms with van der Waals surface area (Å²) in [6.07, 6.45) is 2.92. The highest BCUT2D eigenvalue weighted by Crippen LogP contribution is 2.25. The molecule has 1 aromatic heterocycles. The molecule has 0 bridgehead atoms. The zero-order chi connectivity index (χ0) is 13.0. The van der Waals surface area contributed by atoms with Crippen LogP contribution in [0.15, 0.2) is 30.5 Å². The monoisotopic (exact) mass is 245 g/mol. The first-order valence-electron chi connectivity index (χ1n) is 6.39. The quantitative estimate of drug-likeness (QED) is 0.853. The number of hydrogen-bond acceptors (Lipinski definition) is 1. The Balaban J connectivity index is 2.25. The van der Waals surface area contributed by atoms with Crippen LogP contribution in [-0.2, 0) is 6.54 Å². The molecule has 96 valence electrons. The molecule has 0 aliphatic carbocycles. The molecule has 2 aromatic rings. The van der Waals surface area contributed by atoms with Gasteiger partial charge in [0.15, 0.2) is 0 Å². The van der Waals surface area contributed by atoms with Crippen LogP contribution in [0.3, 0.4) is 0 Å². The van der Waals surface area contributed by atoms with E-state index in [0.29, 0.717) is 6.54 Å². The first kappa shape index (κ1) is 12.5. The SMILES string of the molecule is CCCNC(=O)Nc1cn(CC)c2ccccc12. The van der Waals surface area contributed by atoms with Crippen LogP contribution in [0.5, 0.6) is 0 Å². The lowest BCUT2D eigenvalue weighted by molar-refractivity contribution is 0.252. The number of aryl methyl sites for hydroxylation is 1. The molecule has 0 saturated heterocycles. The van der Waals surface area contributed by atoms with Crippen LogP contribution < -0.4 is 10.6 Å². The smallest absolute Gasteiger partial charge is 0.319 e. The molecule has 0 aliphatic rings. The number of aromatic nitrogens is 1. The third-order valence-electron chi connectivity index (χ3n) is 2.91. The van der Waals surface area contributed by atoms with E-state index in [4.69, 9.17) is 0 Å². The maximum atomic E-state index is 11.7. The van der Waals surface area contributed by atoms with Crippen molar-refractivity contribution in [3.05, 3.63) is 30.5 Å². The number of rotatable bonds is 4. The van der Waals surface area contributed by atoms with Crippen molar-refractivity contribution < 1.29 is 4.79 Å². The van der Waals surface area contributed by atoms with Crippen LogP contribution in [0.4, 0.5) is 10.5 Å². The molecule has 0 saturated carbocycles. The molecule has 4 nitrogen and oxygen atoms in total. The Labute approximate surface area is 107 Å². The van der Waals surface area contributed by atoms with Crippen molar-refractivity contribution in [3.63, 3.8) is 0 Å². The second kappa shape index (κ2) is 5.58. The fraction of sp³-hybridized carbons (Fsp3) is 0.357. The summed E-state index contributed by atoms with van der Waals surface area (Å²) in [5.74, 6) is 0. The van der Waals surface area contributed by atoms with Crippen molar-refractivity contribution in [1.82, 2.24) is 9.88 Å². The van der Waals surface area contributed by atoms with Crippen molar-refractivity contribution in [3.8, 4) is 0 Å². The van der Waals surface area contributed by atoms with E-state index in [1.54, 1.807) is 0 Å². The van der Waals surface area contributed by atoms with Crippen LogP contribution in [-0.4, -0.2) is 17.1 Å². The lowest BCUT2D eigenvalue weighted by Gasteiger charge is -2.04. The Kier molecular flexibility index (Phi) is 3.87. The Morgan fingerprint density at radius 3 is 2.78 bits per heavy atom. The number of nitrogens with zero attached hydrogens (tertiary/aromatic N) is 1. The molecule has 0 spiro atoms. The van der Waals surface area contributed by atoms with Gasteiger partial charge in [0.25, 0.3) is 0 Å². The number of carbonyl (C=O) groups is 1. The molecule has 0 atom stereocenters. The van der Waals surface area contributed by atoms with Gasteiger partial charge >= 0.3 is 6.03 Å². The normalized spacial score (nSPS) is 10.6. The highest BCUT2D eigenvalue weighted by atomic mass is 16.2. The Hall–Kier alpha value is -1.97. The van der Waals surface area contributed by atoms with Gasteiger partial charge < -0.3 is 15.2 Å². The minimum atomic E-state index is -0.143. The summed E-state index contributed by atoms with van der Waals surface area (Å²) in [7, 11) is 0. The Morgan fingerprint density at radius 2 is 2.06 bits per heavy atom. The lowest BCUT2D eigenvalue weighted by atomic mass is 10.2. The average molecular weight is 245 g/mol. The number of urea groups is 1. The number of nitrogens with one attached hydrogen (secondary N) is 2. The molecule has 4 heteroatoms. The molecule has 0 aliphatic heterocycles. The second-order valence-corrected chi connectivity index (χ2v) is 4.23. The Morgan fingerprint density at radius 1 is 1.28 bits per heavy atom. The van der Waals surface area contributed by atoms with Crippen LogP contribution in [0.25, 0.3) is 10.9 Å². The topological polar surface area (TPSA) is 46.1 Å². The number of para-hydroxylation sites is 1. The van der Waals surface area contributed by atoms with Crippen LogP contribution in [0.1, 0.15) is 20.3 Å².